The molecule has 2 rings (SSSR count). The Morgan fingerprint density at radius 3 is 2.79 bits per heavy atom. The number of hydrogen-bond donors (Lipinski definition) is 2. The van der Waals surface area contributed by atoms with Crippen LogP contribution < -0.4 is 11.1 Å². The maximum atomic E-state index is 12.2. The zero-order valence-electron chi connectivity index (χ0n) is 11.9. The highest BCUT2D eigenvalue weighted by molar-refractivity contribution is 5.97. The SMILES string of the molecule is CCn1ncc(N)c1C(=O)NCC1CCC(C)CC1. The molecule has 3 N–H and O–H groups in total. The van der Waals surface area contributed by atoms with E-state index in [1.807, 2.05) is 6.92 Å². The van der Waals surface area contributed by atoms with Crippen LogP contribution in [0.25, 0.3) is 0 Å². The summed E-state index contributed by atoms with van der Waals surface area (Å²) >= 11 is 0. The first-order chi connectivity index (χ1) is 9.11. The average Bonchev–Trinajstić information content (AvgIpc) is 2.79. The van der Waals surface area contributed by atoms with Crippen LogP contribution in [0, 0.1) is 11.8 Å². The predicted octanol–water partition coefficient (Wildman–Crippen LogP) is 2.04. The summed E-state index contributed by atoms with van der Waals surface area (Å²) in [6, 6.07) is 0. The lowest BCUT2D eigenvalue weighted by Gasteiger charge is -2.26. The molecular weight excluding hydrogens is 240 g/mol. The van der Waals surface area contributed by atoms with E-state index < -0.39 is 0 Å². The van der Waals surface area contributed by atoms with Crippen LogP contribution >= 0.6 is 0 Å². The number of aromatic nitrogens is 2. The van der Waals surface area contributed by atoms with Crippen molar-refractivity contribution in [2.45, 2.75) is 46.1 Å². The van der Waals surface area contributed by atoms with Gasteiger partial charge < -0.3 is 11.1 Å². The number of anilines is 1. The molecule has 1 aliphatic rings. The summed E-state index contributed by atoms with van der Waals surface area (Å²) in [4.78, 5) is 12.2. The van der Waals surface area contributed by atoms with E-state index in [1.54, 1.807) is 10.9 Å². The molecule has 1 aliphatic carbocycles. The molecule has 5 heteroatoms. The molecule has 1 aromatic heterocycles. The largest absolute Gasteiger partial charge is 0.396 e. The van der Waals surface area contributed by atoms with Gasteiger partial charge in [-0.3, -0.25) is 9.48 Å². The lowest BCUT2D eigenvalue weighted by atomic mass is 9.83. The summed E-state index contributed by atoms with van der Waals surface area (Å²) in [7, 11) is 0. The minimum Gasteiger partial charge on any atom is -0.396 e. The number of nitrogens with zero attached hydrogens (tertiary/aromatic N) is 2. The first-order valence-corrected chi connectivity index (χ1v) is 7.21. The third-order valence-corrected chi connectivity index (χ3v) is 4.07. The quantitative estimate of drug-likeness (QED) is 0.874. The number of aryl methyl sites for hydroxylation is 1. The fraction of sp³-hybridized carbons (Fsp3) is 0.714. The van der Waals surface area contributed by atoms with Crippen molar-refractivity contribution in [3.8, 4) is 0 Å². The summed E-state index contributed by atoms with van der Waals surface area (Å²) < 4.78 is 1.65. The normalized spacial score (nSPS) is 23.3. The molecule has 1 fully saturated rings. The van der Waals surface area contributed by atoms with Crippen molar-refractivity contribution in [2.75, 3.05) is 12.3 Å². The highest BCUT2D eigenvalue weighted by atomic mass is 16.2. The van der Waals surface area contributed by atoms with Crippen LogP contribution in [0.5, 0.6) is 0 Å². The number of hydrogen-bond acceptors (Lipinski definition) is 3. The molecule has 0 unspecified atom stereocenters. The molecule has 0 spiro atoms. The van der Waals surface area contributed by atoms with Crippen LogP contribution in [0.2, 0.25) is 0 Å². The van der Waals surface area contributed by atoms with Gasteiger partial charge in [-0.1, -0.05) is 19.8 Å². The summed E-state index contributed by atoms with van der Waals surface area (Å²) in [5.74, 6) is 1.35. The third kappa shape index (κ3) is 3.28. The second-order valence-corrected chi connectivity index (χ2v) is 5.60. The molecule has 0 atom stereocenters. The number of nitrogen functional groups attached to an aromatic ring is 1. The van der Waals surface area contributed by atoms with E-state index in [0.717, 1.165) is 12.5 Å². The molecule has 5 nitrogen and oxygen atoms in total. The molecule has 0 radical (unpaired) electrons. The number of rotatable bonds is 4. The topological polar surface area (TPSA) is 72.9 Å². The van der Waals surface area contributed by atoms with Gasteiger partial charge in [0, 0.05) is 13.1 Å². The Morgan fingerprint density at radius 1 is 1.47 bits per heavy atom. The lowest BCUT2D eigenvalue weighted by Crippen LogP contribution is -2.32. The lowest BCUT2D eigenvalue weighted by molar-refractivity contribution is 0.0932. The second kappa shape index (κ2) is 6.08. The number of nitrogens with two attached hydrogens (primary N) is 1. The molecule has 1 heterocycles. The molecule has 1 amide bonds. The Bertz CT molecular complexity index is 433. The molecule has 1 aromatic rings. The average molecular weight is 264 g/mol. The van der Waals surface area contributed by atoms with E-state index in [0.29, 0.717) is 23.8 Å². The van der Waals surface area contributed by atoms with E-state index >= 15 is 0 Å². The van der Waals surface area contributed by atoms with E-state index in [1.165, 1.54) is 25.7 Å². The molecule has 19 heavy (non-hydrogen) atoms. The molecule has 106 valence electrons. The molecule has 0 aliphatic heterocycles. The molecule has 1 saturated carbocycles. The highest BCUT2D eigenvalue weighted by Gasteiger charge is 2.21. The first kappa shape index (κ1) is 13.9. The zero-order chi connectivity index (χ0) is 13.8. The van der Waals surface area contributed by atoms with Crippen LogP contribution in [-0.4, -0.2) is 22.2 Å². The van der Waals surface area contributed by atoms with Crippen molar-refractivity contribution >= 4 is 11.6 Å². The van der Waals surface area contributed by atoms with Crippen molar-refractivity contribution in [3.63, 3.8) is 0 Å². The molecule has 0 saturated heterocycles. The van der Waals surface area contributed by atoms with Crippen LogP contribution in [0.15, 0.2) is 6.20 Å². The van der Waals surface area contributed by atoms with Crippen molar-refractivity contribution in [3.05, 3.63) is 11.9 Å². The number of amides is 1. The van der Waals surface area contributed by atoms with Gasteiger partial charge in [-0.05, 0) is 31.6 Å². The fourth-order valence-electron chi connectivity index (χ4n) is 2.74. The Labute approximate surface area is 114 Å². The maximum absolute atomic E-state index is 12.2. The standard InChI is InChI=1S/C14H24N4O/c1-3-18-13(12(15)9-17-18)14(19)16-8-11-6-4-10(2)5-7-11/h9-11H,3-8,15H2,1-2H3,(H,16,19). The monoisotopic (exact) mass is 264 g/mol. The van der Waals surface area contributed by atoms with Crippen LogP contribution in [0.4, 0.5) is 5.69 Å². The Kier molecular flexibility index (Phi) is 4.45. The number of nitrogens with one attached hydrogen (secondary N) is 1. The summed E-state index contributed by atoms with van der Waals surface area (Å²) in [6.07, 6.45) is 6.51. The highest BCUT2D eigenvalue weighted by Crippen LogP contribution is 2.27. The van der Waals surface area contributed by atoms with Gasteiger partial charge in [0.1, 0.15) is 5.69 Å². The molecule has 0 aromatic carbocycles. The Morgan fingerprint density at radius 2 is 2.16 bits per heavy atom. The van der Waals surface area contributed by atoms with Gasteiger partial charge in [0.25, 0.3) is 5.91 Å². The van der Waals surface area contributed by atoms with Gasteiger partial charge in [-0.25, -0.2) is 0 Å². The van der Waals surface area contributed by atoms with Crippen molar-refractivity contribution in [1.29, 1.82) is 0 Å². The number of carbonyl (C=O) groups is 1. The zero-order valence-corrected chi connectivity index (χ0v) is 11.9. The van der Waals surface area contributed by atoms with Gasteiger partial charge >= 0.3 is 0 Å². The van der Waals surface area contributed by atoms with Gasteiger partial charge in [0.15, 0.2) is 0 Å². The van der Waals surface area contributed by atoms with Gasteiger partial charge in [-0.15, -0.1) is 0 Å². The van der Waals surface area contributed by atoms with E-state index in [2.05, 4.69) is 17.3 Å². The van der Waals surface area contributed by atoms with Crippen molar-refractivity contribution in [2.24, 2.45) is 11.8 Å². The number of carbonyl (C=O) groups excluding carboxylic acids is 1. The first-order valence-electron chi connectivity index (χ1n) is 7.21. The Balaban J connectivity index is 1.89. The summed E-state index contributed by atoms with van der Waals surface area (Å²) in [5.41, 5.74) is 6.75. The summed E-state index contributed by atoms with van der Waals surface area (Å²) in [6.45, 7) is 5.65. The molecule has 0 bridgehead atoms. The molecular formula is C14H24N4O. The van der Waals surface area contributed by atoms with E-state index in [4.69, 9.17) is 5.73 Å². The van der Waals surface area contributed by atoms with Crippen molar-refractivity contribution < 1.29 is 4.79 Å². The summed E-state index contributed by atoms with van der Waals surface area (Å²) in [5, 5.41) is 7.10. The second-order valence-electron chi connectivity index (χ2n) is 5.60. The van der Waals surface area contributed by atoms with Gasteiger partial charge in [0.05, 0.1) is 11.9 Å². The van der Waals surface area contributed by atoms with Crippen molar-refractivity contribution in [1.82, 2.24) is 15.1 Å². The van der Waals surface area contributed by atoms with Gasteiger partial charge in [0.2, 0.25) is 0 Å². The van der Waals surface area contributed by atoms with Crippen LogP contribution in [-0.2, 0) is 6.54 Å². The van der Waals surface area contributed by atoms with E-state index in [9.17, 15) is 4.79 Å². The minimum absolute atomic E-state index is 0.101. The maximum Gasteiger partial charge on any atom is 0.271 e. The van der Waals surface area contributed by atoms with Crippen LogP contribution in [0.1, 0.15) is 50.0 Å². The van der Waals surface area contributed by atoms with Crippen LogP contribution in [0.3, 0.4) is 0 Å². The fourth-order valence-corrected chi connectivity index (χ4v) is 2.74. The Hall–Kier alpha value is -1.52. The predicted molar refractivity (Wildman–Crippen MR) is 75.8 cm³/mol. The van der Waals surface area contributed by atoms with Gasteiger partial charge in [-0.2, -0.15) is 5.10 Å². The minimum atomic E-state index is -0.101. The smallest absolute Gasteiger partial charge is 0.271 e. The third-order valence-electron chi connectivity index (χ3n) is 4.07. The van der Waals surface area contributed by atoms with E-state index in [-0.39, 0.29) is 5.91 Å².